The summed E-state index contributed by atoms with van der Waals surface area (Å²) in [7, 11) is 3.35. The number of morpholine rings is 1. The standard InChI is InChI=1S/C34H45N7O4/c1-24-10-11-27(32(42)37-29-22-26(12-13-30(29)44-3)25-8-5-4-6-9-25)23-28(24)38-34(43)41(31-14-15-36-33(35-2)39-31)17-7-16-40-18-20-45-21-19-40/h10-15,22-23,25H,4-9,16-21H2,1-3H3,(H,37,42)(H,38,43)(H,35,36,39). The van der Waals surface area contributed by atoms with Crippen LogP contribution in [0.15, 0.2) is 48.7 Å². The van der Waals surface area contributed by atoms with E-state index in [4.69, 9.17) is 9.47 Å². The number of carbonyl (C=O) groups is 2. The first-order chi connectivity index (χ1) is 21.9. The normalized spacial score (nSPS) is 15.7. The van der Waals surface area contributed by atoms with E-state index in [1.165, 1.54) is 24.8 Å². The Bertz CT molecular complexity index is 1450. The number of carbonyl (C=O) groups excluding carboxylic acids is 2. The number of nitrogens with one attached hydrogen (secondary N) is 3. The Balaban J connectivity index is 1.31. The maximum atomic E-state index is 13.8. The van der Waals surface area contributed by atoms with Crippen molar-refractivity contribution in [2.75, 3.05) is 74.4 Å². The van der Waals surface area contributed by atoms with Crippen molar-refractivity contribution < 1.29 is 19.1 Å². The summed E-state index contributed by atoms with van der Waals surface area (Å²) in [5, 5.41) is 9.03. The van der Waals surface area contributed by atoms with Crippen LogP contribution in [0.1, 0.15) is 65.9 Å². The average Bonchev–Trinajstić information content (AvgIpc) is 3.08. The Morgan fingerprint density at radius 3 is 2.58 bits per heavy atom. The highest BCUT2D eigenvalue weighted by molar-refractivity contribution is 6.07. The number of hydrogen-bond donors (Lipinski definition) is 3. The van der Waals surface area contributed by atoms with Gasteiger partial charge in [-0.2, -0.15) is 4.98 Å². The minimum Gasteiger partial charge on any atom is -0.495 e. The van der Waals surface area contributed by atoms with E-state index in [1.54, 1.807) is 43.5 Å². The molecule has 1 saturated carbocycles. The van der Waals surface area contributed by atoms with Crippen molar-refractivity contribution >= 4 is 35.1 Å². The molecule has 2 heterocycles. The average molecular weight is 616 g/mol. The first kappa shape index (κ1) is 32.2. The van der Waals surface area contributed by atoms with Gasteiger partial charge in [0, 0.05) is 50.7 Å². The Kier molecular flexibility index (Phi) is 11.2. The summed E-state index contributed by atoms with van der Waals surface area (Å²) < 4.78 is 11.0. The molecule has 1 aliphatic heterocycles. The van der Waals surface area contributed by atoms with Gasteiger partial charge >= 0.3 is 6.03 Å². The molecule has 3 aromatic rings. The fourth-order valence-electron chi connectivity index (χ4n) is 6.01. The van der Waals surface area contributed by atoms with Crippen molar-refractivity contribution in [2.45, 2.75) is 51.4 Å². The molecule has 0 bridgehead atoms. The first-order valence-electron chi connectivity index (χ1n) is 15.9. The van der Waals surface area contributed by atoms with Crippen molar-refractivity contribution in [3.63, 3.8) is 0 Å². The molecular weight excluding hydrogens is 570 g/mol. The van der Waals surface area contributed by atoms with Crippen LogP contribution in [0.3, 0.4) is 0 Å². The third-order valence-corrected chi connectivity index (χ3v) is 8.64. The number of rotatable bonds is 11. The number of urea groups is 1. The molecular formula is C34H45N7O4. The van der Waals surface area contributed by atoms with E-state index in [-0.39, 0.29) is 11.9 Å². The van der Waals surface area contributed by atoms with Gasteiger partial charge in [0.1, 0.15) is 11.6 Å². The van der Waals surface area contributed by atoms with E-state index < -0.39 is 0 Å². The number of aromatic nitrogens is 2. The van der Waals surface area contributed by atoms with Crippen LogP contribution < -0.4 is 25.6 Å². The second-order valence-electron chi connectivity index (χ2n) is 11.7. The van der Waals surface area contributed by atoms with E-state index in [1.807, 2.05) is 25.1 Å². The minimum atomic E-state index is -0.333. The Morgan fingerprint density at radius 1 is 1.02 bits per heavy atom. The zero-order valence-corrected chi connectivity index (χ0v) is 26.6. The summed E-state index contributed by atoms with van der Waals surface area (Å²) in [6.45, 7) is 6.42. The number of amides is 3. The van der Waals surface area contributed by atoms with Gasteiger partial charge in [0.05, 0.1) is 26.0 Å². The van der Waals surface area contributed by atoms with Gasteiger partial charge < -0.3 is 25.4 Å². The molecule has 0 unspecified atom stereocenters. The lowest BCUT2D eigenvalue weighted by Gasteiger charge is -2.28. The maximum absolute atomic E-state index is 13.8. The van der Waals surface area contributed by atoms with Crippen LogP contribution in [0.25, 0.3) is 0 Å². The summed E-state index contributed by atoms with van der Waals surface area (Å²) in [6, 6.07) is 12.8. The van der Waals surface area contributed by atoms with E-state index in [9.17, 15) is 9.59 Å². The van der Waals surface area contributed by atoms with Crippen molar-refractivity contribution in [1.29, 1.82) is 0 Å². The Hall–Kier alpha value is -4.22. The topological polar surface area (TPSA) is 121 Å². The molecule has 2 aliphatic rings. The van der Waals surface area contributed by atoms with Crippen LogP contribution in [0.5, 0.6) is 5.75 Å². The van der Waals surface area contributed by atoms with Crippen molar-refractivity contribution in [3.8, 4) is 5.75 Å². The molecule has 45 heavy (non-hydrogen) atoms. The SMILES string of the molecule is CNc1nccc(N(CCCN2CCOCC2)C(=O)Nc2cc(C(=O)Nc3cc(C4CCCCC4)ccc3OC)ccc2C)n1. The van der Waals surface area contributed by atoms with Gasteiger partial charge in [-0.3, -0.25) is 14.6 Å². The molecule has 240 valence electrons. The van der Waals surface area contributed by atoms with Crippen LogP contribution in [0, 0.1) is 6.92 Å². The van der Waals surface area contributed by atoms with Gasteiger partial charge in [-0.25, -0.2) is 9.78 Å². The summed E-state index contributed by atoms with van der Waals surface area (Å²) in [4.78, 5) is 40.0. The number of benzene rings is 2. The fourth-order valence-corrected chi connectivity index (χ4v) is 6.01. The van der Waals surface area contributed by atoms with Gasteiger partial charge in [0.15, 0.2) is 0 Å². The van der Waals surface area contributed by atoms with Gasteiger partial charge in [-0.15, -0.1) is 0 Å². The summed E-state index contributed by atoms with van der Waals surface area (Å²) in [6.07, 6.45) is 8.46. The number of hydrogen-bond acceptors (Lipinski definition) is 8. The molecule has 11 nitrogen and oxygen atoms in total. The van der Waals surface area contributed by atoms with Gasteiger partial charge in [-0.05, 0) is 73.6 Å². The third kappa shape index (κ3) is 8.49. The monoisotopic (exact) mass is 615 g/mol. The molecule has 1 aliphatic carbocycles. The van der Waals surface area contributed by atoms with Gasteiger partial charge in [0.25, 0.3) is 5.91 Å². The molecule has 2 fully saturated rings. The predicted octanol–water partition coefficient (Wildman–Crippen LogP) is 5.90. The fraction of sp³-hybridized carbons (Fsp3) is 0.471. The lowest BCUT2D eigenvalue weighted by Crippen LogP contribution is -2.40. The van der Waals surface area contributed by atoms with Crippen LogP contribution in [0.2, 0.25) is 0 Å². The molecule has 0 atom stereocenters. The van der Waals surface area contributed by atoms with Crippen LogP contribution in [-0.4, -0.2) is 80.4 Å². The quantitative estimate of drug-likeness (QED) is 0.244. The smallest absolute Gasteiger partial charge is 0.327 e. The molecule has 5 rings (SSSR count). The Labute approximate surface area is 265 Å². The number of ether oxygens (including phenoxy) is 2. The highest BCUT2D eigenvalue weighted by atomic mass is 16.5. The second kappa shape index (κ2) is 15.7. The number of nitrogens with zero attached hydrogens (tertiary/aromatic N) is 4. The molecule has 0 spiro atoms. The molecule has 3 N–H and O–H groups in total. The molecule has 2 aromatic carbocycles. The summed E-state index contributed by atoms with van der Waals surface area (Å²) in [5.74, 6) is 1.75. The van der Waals surface area contributed by atoms with Gasteiger partial charge in [-0.1, -0.05) is 31.4 Å². The minimum absolute atomic E-state index is 0.276. The zero-order chi connectivity index (χ0) is 31.6. The molecule has 11 heteroatoms. The maximum Gasteiger partial charge on any atom is 0.327 e. The largest absolute Gasteiger partial charge is 0.495 e. The summed E-state index contributed by atoms with van der Waals surface area (Å²) in [5.41, 5.74) is 3.69. The summed E-state index contributed by atoms with van der Waals surface area (Å²) >= 11 is 0. The Morgan fingerprint density at radius 2 is 1.82 bits per heavy atom. The zero-order valence-electron chi connectivity index (χ0n) is 26.6. The number of aryl methyl sites for hydroxylation is 1. The second-order valence-corrected chi connectivity index (χ2v) is 11.7. The molecule has 1 saturated heterocycles. The van der Waals surface area contributed by atoms with Crippen molar-refractivity contribution in [1.82, 2.24) is 14.9 Å². The lowest BCUT2D eigenvalue weighted by atomic mass is 9.84. The van der Waals surface area contributed by atoms with Crippen molar-refractivity contribution in [3.05, 3.63) is 65.4 Å². The molecule has 1 aromatic heterocycles. The van der Waals surface area contributed by atoms with Gasteiger partial charge in [0.2, 0.25) is 5.95 Å². The van der Waals surface area contributed by atoms with E-state index >= 15 is 0 Å². The predicted molar refractivity (Wildman–Crippen MR) is 178 cm³/mol. The first-order valence-corrected chi connectivity index (χ1v) is 15.9. The van der Waals surface area contributed by atoms with E-state index in [0.717, 1.165) is 57.7 Å². The number of methoxy groups -OCH3 is 1. The highest BCUT2D eigenvalue weighted by Crippen LogP contribution is 2.36. The number of anilines is 4. The van der Waals surface area contributed by atoms with Crippen molar-refractivity contribution in [2.24, 2.45) is 0 Å². The van der Waals surface area contributed by atoms with E-state index in [0.29, 0.717) is 46.9 Å². The third-order valence-electron chi connectivity index (χ3n) is 8.64. The lowest BCUT2D eigenvalue weighted by molar-refractivity contribution is 0.0377. The molecule has 3 amide bonds. The van der Waals surface area contributed by atoms with E-state index in [2.05, 4.69) is 36.9 Å². The van der Waals surface area contributed by atoms with Crippen LogP contribution in [-0.2, 0) is 4.74 Å². The highest BCUT2D eigenvalue weighted by Gasteiger charge is 2.22. The molecule has 0 radical (unpaired) electrons. The van der Waals surface area contributed by atoms with Crippen LogP contribution in [0.4, 0.5) is 27.9 Å². The van der Waals surface area contributed by atoms with Crippen LogP contribution >= 0.6 is 0 Å².